The van der Waals surface area contributed by atoms with Gasteiger partial charge >= 0.3 is 6.03 Å². The maximum Gasteiger partial charge on any atom is 0.317 e. The molecule has 0 radical (unpaired) electrons. The molecule has 1 saturated heterocycles. The first-order valence-corrected chi connectivity index (χ1v) is 10.5. The average Bonchev–Trinajstić information content (AvgIpc) is 3.52. The summed E-state index contributed by atoms with van der Waals surface area (Å²) in [4.78, 5) is 24.0. The predicted octanol–water partition coefficient (Wildman–Crippen LogP) is 2.94. The Morgan fingerprint density at radius 2 is 2.00 bits per heavy atom. The normalized spacial score (nSPS) is 18.0. The van der Waals surface area contributed by atoms with Crippen LogP contribution < -0.4 is 10.2 Å². The number of hydrogen-bond donors (Lipinski definition) is 1. The van der Waals surface area contributed by atoms with E-state index in [0.717, 1.165) is 69.9 Å². The number of anilines is 1. The number of nitrogens with zero attached hydrogens (tertiary/aromatic N) is 4. The zero-order chi connectivity index (χ0) is 19.2. The Kier molecular flexibility index (Phi) is 6.94. The van der Waals surface area contributed by atoms with Gasteiger partial charge in [-0.2, -0.15) is 0 Å². The molecule has 1 aliphatic heterocycles. The van der Waals surface area contributed by atoms with Gasteiger partial charge in [-0.3, -0.25) is 0 Å². The molecule has 3 rings (SSSR count). The molecule has 150 valence electrons. The van der Waals surface area contributed by atoms with Crippen molar-refractivity contribution in [1.29, 1.82) is 0 Å². The van der Waals surface area contributed by atoms with Crippen molar-refractivity contribution in [3.05, 3.63) is 23.9 Å². The summed E-state index contributed by atoms with van der Waals surface area (Å²) in [5.41, 5.74) is 1.05. The zero-order valence-corrected chi connectivity index (χ0v) is 17.2. The minimum absolute atomic E-state index is 0.0675. The zero-order valence-electron chi connectivity index (χ0n) is 17.2. The van der Waals surface area contributed by atoms with E-state index in [1.54, 1.807) is 0 Å². The molecule has 27 heavy (non-hydrogen) atoms. The minimum atomic E-state index is 0.0675. The van der Waals surface area contributed by atoms with E-state index in [2.05, 4.69) is 53.0 Å². The number of aromatic nitrogens is 1. The SMILES string of the molecule is CCN1CCN(c2ccc(CNC(=O)N(CCC(C)C)C3CC3)cn2)CC1. The number of carbonyl (C=O) groups is 1. The van der Waals surface area contributed by atoms with E-state index >= 15 is 0 Å². The Hall–Kier alpha value is -1.82. The predicted molar refractivity (Wildman–Crippen MR) is 110 cm³/mol. The monoisotopic (exact) mass is 373 g/mol. The summed E-state index contributed by atoms with van der Waals surface area (Å²) in [5, 5.41) is 3.08. The number of amides is 2. The molecular weight excluding hydrogens is 338 g/mol. The third-order valence-corrected chi connectivity index (χ3v) is 5.59. The van der Waals surface area contributed by atoms with Crippen LogP contribution in [0.5, 0.6) is 0 Å². The highest BCUT2D eigenvalue weighted by molar-refractivity contribution is 5.74. The lowest BCUT2D eigenvalue weighted by Crippen LogP contribution is -2.46. The number of nitrogens with one attached hydrogen (secondary N) is 1. The van der Waals surface area contributed by atoms with Crippen LogP contribution in [0.15, 0.2) is 18.3 Å². The Morgan fingerprint density at radius 3 is 2.56 bits per heavy atom. The molecule has 6 heteroatoms. The molecule has 2 amide bonds. The van der Waals surface area contributed by atoms with Crippen molar-refractivity contribution in [2.45, 2.75) is 52.6 Å². The van der Waals surface area contributed by atoms with Gasteiger partial charge in [-0.1, -0.05) is 26.8 Å². The number of piperazine rings is 1. The van der Waals surface area contributed by atoms with Crippen LogP contribution in [-0.2, 0) is 6.54 Å². The van der Waals surface area contributed by atoms with Crippen molar-refractivity contribution in [2.75, 3.05) is 44.2 Å². The molecule has 1 aromatic rings. The molecule has 0 unspecified atom stereocenters. The van der Waals surface area contributed by atoms with Gasteiger partial charge in [0.15, 0.2) is 0 Å². The van der Waals surface area contributed by atoms with Gasteiger partial charge in [0.2, 0.25) is 0 Å². The maximum atomic E-state index is 12.6. The third-order valence-electron chi connectivity index (χ3n) is 5.59. The van der Waals surface area contributed by atoms with E-state index in [1.807, 2.05) is 11.1 Å². The van der Waals surface area contributed by atoms with Crippen LogP contribution >= 0.6 is 0 Å². The lowest BCUT2D eigenvalue weighted by molar-refractivity contribution is 0.191. The summed E-state index contributed by atoms with van der Waals surface area (Å²) in [7, 11) is 0. The second-order valence-corrected chi connectivity index (χ2v) is 8.21. The molecule has 2 fully saturated rings. The fraction of sp³-hybridized carbons (Fsp3) is 0.714. The second-order valence-electron chi connectivity index (χ2n) is 8.21. The van der Waals surface area contributed by atoms with Gasteiger partial charge in [-0.15, -0.1) is 0 Å². The van der Waals surface area contributed by atoms with Crippen LogP contribution in [0.25, 0.3) is 0 Å². The Bertz CT molecular complexity index is 591. The first-order chi connectivity index (χ1) is 13.1. The minimum Gasteiger partial charge on any atom is -0.354 e. The van der Waals surface area contributed by atoms with Crippen LogP contribution in [0, 0.1) is 5.92 Å². The Labute approximate surface area is 163 Å². The quantitative estimate of drug-likeness (QED) is 0.761. The molecule has 1 aromatic heterocycles. The molecule has 1 N–H and O–H groups in total. The van der Waals surface area contributed by atoms with Crippen molar-refractivity contribution in [3.8, 4) is 0 Å². The van der Waals surface area contributed by atoms with Crippen LogP contribution in [0.1, 0.15) is 45.6 Å². The largest absolute Gasteiger partial charge is 0.354 e. The van der Waals surface area contributed by atoms with E-state index in [1.165, 1.54) is 0 Å². The molecule has 0 bridgehead atoms. The smallest absolute Gasteiger partial charge is 0.317 e. The lowest BCUT2D eigenvalue weighted by atomic mass is 10.1. The van der Waals surface area contributed by atoms with Gasteiger partial charge in [0.05, 0.1) is 0 Å². The number of carbonyl (C=O) groups excluding carboxylic acids is 1. The van der Waals surface area contributed by atoms with Crippen LogP contribution in [0.3, 0.4) is 0 Å². The summed E-state index contributed by atoms with van der Waals surface area (Å²) in [6.45, 7) is 13.4. The number of pyridine rings is 1. The van der Waals surface area contributed by atoms with Gasteiger partial charge in [-0.05, 0) is 43.4 Å². The van der Waals surface area contributed by atoms with E-state index in [4.69, 9.17) is 0 Å². The highest BCUT2D eigenvalue weighted by atomic mass is 16.2. The lowest BCUT2D eigenvalue weighted by Gasteiger charge is -2.34. The van der Waals surface area contributed by atoms with Crippen molar-refractivity contribution < 1.29 is 4.79 Å². The van der Waals surface area contributed by atoms with Gasteiger partial charge in [0, 0.05) is 51.5 Å². The Morgan fingerprint density at radius 1 is 1.26 bits per heavy atom. The van der Waals surface area contributed by atoms with E-state index in [-0.39, 0.29) is 6.03 Å². The maximum absolute atomic E-state index is 12.6. The summed E-state index contributed by atoms with van der Waals surface area (Å²) in [5.74, 6) is 1.66. The van der Waals surface area contributed by atoms with Gasteiger partial charge in [0.1, 0.15) is 5.82 Å². The van der Waals surface area contributed by atoms with Crippen molar-refractivity contribution in [2.24, 2.45) is 5.92 Å². The van der Waals surface area contributed by atoms with Gasteiger partial charge in [-0.25, -0.2) is 9.78 Å². The molecule has 1 aliphatic carbocycles. The molecule has 0 spiro atoms. The van der Waals surface area contributed by atoms with E-state index in [9.17, 15) is 4.79 Å². The average molecular weight is 374 g/mol. The number of hydrogen-bond acceptors (Lipinski definition) is 4. The first kappa shape index (κ1) is 19.9. The second kappa shape index (κ2) is 9.40. The fourth-order valence-corrected chi connectivity index (χ4v) is 3.51. The standard InChI is InChI=1S/C21H35N5O/c1-4-24-11-13-25(14-12-24)20-8-5-18(15-22-20)16-23-21(27)26(19-6-7-19)10-9-17(2)3/h5,8,15,17,19H,4,6-7,9-14,16H2,1-3H3,(H,23,27). The van der Waals surface area contributed by atoms with Gasteiger partial charge in [0.25, 0.3) is 0 Å². The number of urea groups is 1. The summed E-state index contributed by atoms with van der Waals surface area (Å²) in [6.07, 6.45) is 5.25. The molecule has 0 atom stereocenters. The van der Waals surface area contributed by atoms with Gasteiger partial charge < -0.3 is 20.0 Å². The number of likely N-dealkylation sites (N-methyl/N-ethyl adjacent to an activating group) is 1. The molecule has 0 aromatic carbocycles. The molecule has 6 nitrogen and oxygen atoms in total. The van der Waals surface area contributed by atoms with Crippen molar-refractivity contribution >= 4 is 11.8 Å². The van der Waals surface area contributed by atoms with Crippen molar-refractivity contribution in [3.63, 3.8) is 0 Å². The van der Waals surface area contributed by atoms with Crippen LogP contribution in [-0.4, -0.2) is 66.1 Å². The van der Waals surface area contributed by atoms with Crippen molar-refractivity contribution in [1.82, 2.24) is 20.1 Å². The Balaban J connectivity index is 1.47. The molecular formula is C21H35N5O. The summed E-state index contributed by atoms with van der Waals surface area (Å²) in [6, 6.07) is 4.69. The van der Waals surface area contributed by atoms with Crippen LogP contribution in [0.2, 0.25) is 0 Å². The van der Waals surface area contributed by atoms with Crippen LogP contribution in [0.4, 0.5) is 10.6 Å². The van der Waals surface area contributed by atoms with E-state index < -0.39 is 0 Å². The highest BCUT2D eigenvalue weighted by Gasteiger charge is 2.32. The summed E-state index contributed by atoms with van der Waals surface area (Å²) >= 11 is 0. The number of rotatable bonds is 8. The topological polar surface area (TPSA) is 51.7 Å². The molecule has 1 saturated carbocycles. The van der Waals surface area contributed by atoms with E-state index in [0.29, 0.717) is 18.5 Å². The third kappa shape index (κ3) is 5.83. The molecule has 2 aliphatic rings. The highest BCUT2D eigenvalue weighted by Crippen LogP contribution is 2.27. The molecule has 2 heterocycles. The fourth-order valence-electron chi connectivity index (χ4n) is 3.51. The summed E-state index contributed by atoms with van der Waals surface area (Å²) < 4.78 is 0. The first-order valence-electron chi connectivity index (χ1n) is 10.5.